The number of aryl methyl sites for hydroxylation is 5. The molecule has 0 bridgehead atoms. The Morgan fingerprint density at radius 3 is 2.45 bits per heavy atom. The molecule has 0 unspecified atom stereocenters. The van der Waals surface area contributed by atoms with Crippen molar-refractivity contribution in [1.82, 2.24) is 20.5 Å². The van der Waals surface area contributed by atoms with Crippen LogP contribution in [-0.2, 0) is 13.0 Å². The Hall–Kier alpha value is -4.56. The van der Waals surface area contributed by atoms with Gasteiger partial charge in [0.05, 0.1) is 23.4 Å². The summed E-state index contributed by atoms with van der Waals surface area (Å²) < 4.78 is 6.05. The fourth-order valence-electron chi connectivity index (χ4n) is 5.40. The molecule has 5 aromatic rings. The maximum atomic E-state index is 13.6. The van der Waals surface area contributed by atoms with Gasteiger partial charge in [0.1, 0.15) is 11.4 Å². The number of carbonyl (C=O) groups is 2. The Balaban J connectivity index is 1.43. The Kier molecular flexibility index (Phi) is 8.36. The van der Waals surface area contributed by atoms with Crippen molar-refractivity contribution in [3.05, 3.63) is 105 Å². The molecule has 0 atom stereocenters. The number of para-hydroxylation sites is 1. The zero-order chi connectivity index (χ0) is 30.0. The number of aromatic nitrogens is 3. The van der Waals surface area contributed by atoms with Gasteiger partial charge >= 0.3 is 5.97 Å². The fourth-order valence-corrected chi connectivity index (χ4v) is 5.51. The molecule has 4 N–H and O–H groups in total. The first-order valence-electron chi connectivity index (χ1n) is 13.8. The summed E-state index contributed by atoms with van der Waals surface area (Å²) in [7, 11) is 0. The highest BCUT2D eigenvalue weighted by Gasteiger charge is 2.21. The maximum Gasteiger partial charge on any atom is 0.335 e. The standard InChI is InChI=1S/C33H33ClN4O4/c1-18-14-24(15-19(2)29(18)34)42-13-7-12-26-25-10-6-11-27(28-20(3)37-38-21(28)4)30(25)36-31(26)32(39)35-17-22-8-5-9-23(16-22)33(40)41/h5-6,8-11,14-16,36H,7,12-13,17H2,1-4H3,(H,35,39)(H,37,38)(H,40,41). The maximum absolute atomic E-state index is 13.6. The summed E-state index contributed by atoms with van der Waals surface area (Å²) in [5.41, 5.74) is 8.84. The number of nitrogens with zero attached hydrogens (tertiary/aromatic N) is 1. The second-order valence-corrected chi connectivity index (χ2v) is 10.9. The van der Waals surface area contributed by atoms with Gasteiger partial charge in [-0.15, -0.1) is 0 Å². The van der Waals surface area contributed by atoms with E-state index in [1.807, 2.05) is 58.0 Å². The zero-order valence-corrected chi connectivity index (χ0v) is 24.8. The molecule has 5 rings (SSSR count). The minimum Gasteiger partial charge on any atom is -0.494 e. The second kappa shape index (κ2) is 12.1. The van der Waals surface area contributed by atoms with Crippen LogP contribution in [0.4, 0.5) is 0 Å². The van der Waals surface area contributed by atoms with Gasteiger partial charge in [0.25, 0.3) is 5.91 Å². The van der Waals surface area contributed by atoms with E-state index >= 15 is 0 Å². The van der Waals surface area contributed by atoms with Crippen LogP contribution in [-0.4, -0.2) is 38.8 Å². The van der Waals surface area contributed by atoms with Crippen LogP contribution in [0.25, 0.3) is 22.0 Å². The number of ether oxygens (including phenoxy) is 1. The molecule has 0 saturated heterocycles. The summed E-state index contributed by atoms with van der Waals surface area (Å²) in [6.07, 6.45) is 1.29. The first kappa shape index (κ1) is 29.0. The number of hydrogen-bond acceptors (Lipinski definition) is 4. The highest BCUT2D eigenvalue weighted by Crippen LogP contribution is 2.35. The molecule has 0 aliphatic rings. The molecule has 0 fully saturated rings. The van der Waals surface area contributed by atoms with Gasteiger partial charge in [-0.1, -0.05) is 41.9 Å². The topological polar surface area (TPSA) is 120 Å². The molecule has 8 nitrogen and oxygen atoms in total. The van der Waals surface area contributed by atoms with Crippen LogP contribution in [0.5, 0.6) is 5.75 Å². The quantitative estimate of drug-likeness (QED) is 0.131. The summed E-state index contributed by atoms with van der Waals surface area (Å²) in [5.74, 6) is -0.508. The van der Waals surface area contributed by atoms with E-state index in [1.54, 1.807) is 18.2 Å². The van der Waals surface area contributed by atoms with Gasteiger partial charge < -0.3 is 20.1 Å². The van der Waals surface area contributed by atoms with Crippen molar-refractivity contribution in [3.8, 4) is 16.9 Å². The smallest absolute Gasteiger partial charge is 0.335 e. The molecule has 42 heavy (non-hydrogen) atoms. The molecule has 9 heteroatoms. The number of halogens is 1. The number of amides is 1. The van der Waals surface area contributed by atoms with Crippen LogP contribution < -0.4 is 10.1 Å². The zero-order valence-electron chi connectivity index (χ0n) is 24.0. The van der Waals surface area contributed by atoms with Crippen LogP contribution in [0, 0.1) is 27.7 Å². The number of hydrogen-bond donors (Lipinski definition) is 4. The fraction of sp³-hybridized carbons (Fsp3) is 0.242. The van der Waals surface area contributed by atoms with Gasteiger partial charge in [-0.25, -0.2) is 4.79 Å². The first-order chi connectivity index (χ1) is 20.1. The molecular weight excluding hydrogens is 552 g/mol. The molecule has 0 spiro atoms. The van der Waals surface area contributed by atoms with E-state index in [-0.39, 0.29) is 18.0 Å². The van der Waals surface area contributed by atoms with E-state index in [2.05, 4.69) is 20.5 Å². The highest BCUT2D eigenvalue weighted by molar-refractivity contribution is 6.32. The van der Waals surface area contributed by atoms with Gasteiger partial charge in [0, 0.05) is 33.8 Å². The molecular formula is C33H33ClN4O4. The number of rotatable bonds is 10. The van der Waals surface area contributed by atoms with E-state index in [9.17, 15) is 14.7 Å². The minimum atomic E-state index is -1.01. The van der Waals surface area contributed by atoms with Crippen LogP contribution in [0.15, 0.2) is 54.6 Å². The van der Waals surface area contributed by atoms with E-state index in [4.69, 9.17) is 16.3 Å². The lowest BCUT2D eigenvalue weighted by atomic mass is 9.98. The molecule has 0 saturated carbocycles. The number of carboxylic acid groups (broad SMARTS) is 1. The number of fused-ring (bicyclic) bond motifs is 1. The largest absolute Gasteiger partial charge is 0.494 e. The van der Waals surface area contributed by atoms with Gasteiger partial charge in [0.15, 0.2) is 0 Å². The monoisotopic (exact) mass is 584 g/mol. The summed E-state index contributed by atoms with van der Waals surface area (Å²) in [5, 5.41) is 21.4. The lowest BCUT2D eigenvalue weighted by molar-refractivity contribution is 0.0696. The van der Waals surface area contributed by atoms with E-state index in [1.165, 1.54) is 6.07 Å². The normalized spacial score (nSPS) is 11.2. The number of carboxylic acids is 1. The number of aromatic amines is 2. The van der Waals surface area contributed by atoms with Crippen molar-refractivity contribution in [2.75, 3.05) is 6.61 Å². The Morgan fingerprint density at radius 1 is 1.02 bits per heavy atom. The van der Waals surface area contributed by atoms with Crippen LogP contribution in [0.2, 0.25) is 5.02 Å². The Bertz CT molecular complexity index is 1760. The SMILES string of the molecule is Cc1cc(OCCCc2c(C(=O)NCc3cccc(C(=O)O)c3)[nH]c3c(-c4c(C)n[nH]c4C)cccc23)cc(C)c1Cl. The Labute approximate surface area is 249 Å². The third kappa shape index (κ3) is 5.90. The lowest BCUT2D eigenvalue weighted by Gasteiger charge is -2.11. The lowest BCUT2D eigenvalue weighted by Crippen LogP contribution is -2.24. The van der Waals surface area contributed by atoms with Crippen molar-refractivity contribution in [2.24, 2.45) is 0 Å². The van der Waals surface area contributed by atoms with Gasteiger partial charge in [-0.05, 0) is 87.1 Å². The summed E-state index contributed by atoms with van der Waals surface area (Å²) in [6.45, 7) is 8.51. The molecule has 0 aliphatic heterocycles. The molecule has 1 amide bonds. The predicted octanol–water partition coefficient (Wildman–Crippen LogP) is 7.08. The number of H-pyrrole nitrogens is 2. The second-order valence-electron chi connectivity index (χ2n) is 10.5. The molecule has 0 aliphatic carbocycles. The van der Waals surface area contributed by atoms with Crippen LogP contribution >= 0.6 is 11.6 Å². The molecule has 0 radical (unpaired) electrons. The third-order valence-electron chi connectivity index (χ3n) is 7.44. The van der Waals surface area contributed by atoms with Gasteiger partial charge in [-0.3, -0.25) is 9.89 Å². The highest BCUT2D eigenvalue weighted by atomic mass is 35.5. The number of benzene rings is 3. The van der Waals surface area contributed by atoms with Crippen molar-refractivity contribution < 1.29 is 19.4 Å². The van der Waals surface area contributed by atoms with E-state index in [0.717, 1.165) is 60.9 Å². The number of aromatic carboxylic acids is 1. The average molecular weight is 585 g/mol. The predicted molar refractivity (Wildman–Crippen MR) is 165 cm³/mol. The summed E-state index contributed by atoms with van der Waals surface area (Å²) in [4.78, 5) is 28.4. The number of carbonyl (C=O) groups excluding carboxylic acids is 1. The third-order valence-corrected chi connectivity index (χ3v) is 8.04. The summed E-state index contributed by atoms with van der Waals surface area (Å²) in [6, 6.07) is 16.5. The molecule has 216 valence electrons. The van der Waals surface area contributed by atoms with Crippen molar-refractivity contribution in [2.45, 2.75) is 47.1 Å². The van der Waals surface area contributed by atoms with Crippen LogP contribution in [0.1, 0.15) is 60.9 Å². The van der Waals surface area contributed by atoms with E-state index < -0.39 is 5.97 Å². The molecule has 3 aromatic carbocycles. The van der Waals surface area contributed by atoms with Crippen molar-refractivity contribution in [1.29, 1.82) is 0 Å². The van der Waals surface area contributed by atoms with Crippen molar-refractivity contribution in [3.63, 3.8) is 0 Å². The van der Waals surface area contributed by atoms with Crippen molar-refractivity contribution >= 4 is 34.4 Å². The Morgan fingerprint density at radius 2 is 1.76 bits per heavy atom. The van der Waals surface area contributed by atoms with Gasteiger partial charge in [-0.2, -0.15) is 5.10 Å². The molecule has 2 heterocycles. The molecule has 2 aromatic heterocycles. The van der Waals surface area contributed by atoms with Gasteiger partial charge in [0.2, 0.25) is 0 Å². The number of nitrogens with one attached hydrogen (secondary N) is 3. The van der Waals surface area contributed by atoms with Crippen LogP contribution in [0.3, 0.4) is 0 Å². The average Bonchev–Trinajstić information content (AvgIpc) is 3.51. The summed E-state index contributed by atoms with van der Waals surface area (Å²) >= 11 is 6.31. The van der Waals surface area contributed by atoms with E-state index in [0.29, 0.717) is 30.7 Å². The first-order valence-corrected chi connectivity index (χ1v) is 14.2. The minimum absolute atomic E-state index is 0.176.